The van der Waals surface area contributed by atoms with Crippen molar-refractivity contribution in [3.8, 4) is 5.75 Å². The van der Waals surface area contributed by atoms with E-state index in [-0.39, 0.29) is 11.7 Å². The molecule has 3 rings (SSSR count). The van der Waals surface area contributed by atoms with Crippen molar-refractivity contribution in [2.75, 3.05) is 4.90 Å². The van der Waals surface area contributed by atoms with Gasteiger partial charge in [-0.25, -0.2) is 0 Å². The minimum atomic E-state index is -0.188. The zero-order valence-corrected chi connectivity index (χ0v) is 14.6. The lowest BCUT2D eigenvalue weighted by Crippen LogP contribution is -2.30. The van der Waals surface area contributed by atoms with Crippen LogP contribution in [0.1, 0.15) is 22.3 Å². The average Bonchev–Trinajstić information content (AvgIpc) is 2.80. The first-order valence-electron chi connectivity index (χ1n) is 7.61. The summed E-state index contributed by atoms with van der Waals surface area (Å²) >= 11 is 5.31. The van der Waals surface area contributed by atoms with Gasteiger partial charge in [0, 0.05) is 0 Å². The van der Waals surface area contributed by atoms with E-state index < -0.39 is 0 Å². The number of aryl methyl sites for hydroxylation is 3. The lowest BCUT2D eigenvalue weighted by atomic mass is 10.0. The Balaban J connectivity index is 1.95. The van der Waals surface area contributed by atoms with Gasteiger partial charge in [-0.3, -0.25) is 9.69 Å². The van der Waals surface area contributed by atoms with Crippen molar-refractivity contribution >= 4 is 35.0 Å². The van der Waals surface area contributed by atoms with E-state index >= 15 is 0 Å². The lowest BCUT2D eigenvalue weighted by molar-refractivity contribution is -0.113. The summed E-state index contributed by atoms with van der Waals surface area (Å²) in [6.07, 6.45) is 1.75. The van der Waals surface area contributed by atoms with Gasteiger partial charge in [0.1, 0.15) is 11.4 Å². The summed E-state index contributed by atoms with van der Waals surface area (Å²) in [6.45, 7) is 5.65. The number of aromatic hydroxyl groups is 1. The van der Waals surface area contributed by atoms with Crippen molar-refractivity contribution in [2.24, 2.45) is 0 Å². The molecule has 0 radical (unpaired) electrons. The zero-order valence-electron chi connectivity index (χ0n) is 13.8. The van der Waals surface area contributed by atoms with Crippen LogP contribution in [0, 0.1) is 20.8 Å². The molecule has 2 aromatic carbocycles. The number of amides is 1. The van der Waals surface area contributed by atoms with Crippen LogP contribution < -0.4 is 10.2 Å². The van der Waals surface area contributed by atoms with E-state index in [4.69, 9.17) is 12.2 Å². The number of hydrogen-bond acceptors (Lipinski definition) is 3. The fourth-order valence-electron chi connectivity index (χ4n) is 2.70. The number of nitrogens with zero attached hydrogens (tertiary/aromatic N) is 1. The number of anilines is 1. The summed E-state index contributed by atoms with van der Waals surface area (Å²) in [6, 6.07) is 11.3. The van der Waals surface area contributed by atoms with Gasteiger partial charge in [-0.05, 0) is 80.0 Å². The van der Waals surface area contributed by atoms with Gasteiger partial charge >= 0.3 is 0 Å². The summed E-state index contributed by atoms with van der Waals surface area (Å²) in [4.78, 5) is 14.2. The number of rotatable bonds is 2. The largest absolute Gasteiger partial charge is 0.507 e. The third-order valence-electron chi connectivity index (χ3n) is 3.99. The Morgan fingerprint density at radius 2 is 1.67 bits per heavy atom. The topological polar surface area (TPSA) is 52.6 Å². The number of carbonyl (C=O) groups excluding carboxylic acids is 1. The molecule has 0 aliphatic carbocycles. The molecule has 122 valence electrons. The van der Waals surface area contributed by atoms with Gasteiger partial charge in [0.2, 0.25) is 0 Å². The van der Waals surface area contributed by atoms with Crippen molar-refractivity contribution in [3.05, 3.63) is 64.3 Å². The van der Waals surface area contributed by atoms with Gasteiger partial charge in [-0.15, -0.1) is 0 Å². The van der Waals surface area contributed by atoms with Crippen LogP contribution in [0.15, 0.2) is 42.1 Å². The second kappa shape index (κ2) is 6.09. The molecule has 1 aliphatic rings. The van der Waals surface area contributed by atoms with Crippen molar-refractivity contribution in [1.82, 2.24) is 5.32 Å². The summed E-state index contributed by atoms with van der Waals surface area (Å²) in [7, 11) is 0. The highest BCUT2D eigenvalue weighted by Gasteiger charge is 2.31. The van der Waals surface area contributed by atoms with E-state index in [1.54, 1.807) is 6.08 Å². The fourth-order valence-corrected chi connectivity index (χ4v) is 3.00. The van der Waals surface area contributed by atoms with Crippen LogP contribution in [-0.2, 0) is 4.79 Å². The Hall–Kier alpha value is -2.66. The molecule has 5 heteroatoms. The monoisotopic (exact) mass is 338 g/mol. The number of phenols is 1. The molecule has 4 nitrogen and oxygen atoms in total. The minimum Gasteiger partial charge on any atom is -0.507 e. The second-order valence-electron chi connectivity index (χ2n) is 5.97. The van der Waals surface area contributed by atoms with Crippen LogP contribution >= 0.6 is 12.2 Å². The van der Waals surface area contributed by atoms with Gasteiger partial charge in [0.15, 0.2) is 5.11 Å². The molecule has 24 heavy (non-hydrogen) atoms. The summed E-state index contributed by atoms with van der Waals surface area (Å²) < 4.78 is 0. The Morgan fingerprint density at radius 3 is 2.25 bits per heavy atom. The van der Waals surface area contributed by atoms with Crippen LogP contribution in [0.5, 0.6) is 5.75 Å². The van der Waals surface area contributed by atoms with E-state index in [1.165, 1.54) is 4.90 Å². The third-order valence-corrected chi connectivity index (χ3v) is 4.28. The Morgan fingerprint density at radius 1 is 1.08 bits per heavy atom. The summed E-state index contributed by atoms with van der Waals surface area (Å²) in [5, 5.41) is 13.2. The predicted molar refractivity (Wildman–Crippen MR) is 100.0 cm³/mol. The van der Waals surface area contributed by atoms with Crippen molar-refractivity contribution < 1.29 is 9.90 Å². The Bertz CT molecular complexity index is 846. The van der Waals surface area contributed by atoms with Gasteiger partial charge in [0.05, 0.1) is 5.69 Å². The molecule has 0 unspecified atom stereocenters. The highest BCUT2D eigenvalue weighted by atomic mass is 32.1. The van der Waals surface area contributed by atoms with E-state index in [2.05, 4.69) is 5.32 Å². The van der Waals surface area contributed by atoms with Crippen LogP contribution in [0.4, 0.5) is 5.69 Å². The van der Waals surface area contributed by atoms with Crippen molar-refractivity contribution in [2.45, 2.75) is 20.8 Å². The summed E-state index contributed by atoms with van der Waals surface area (Å²) in [5.41, 5.74) is 4.66. The molecule has 0 saturated carbocycles. The van der Waals surface area contributed by atoms with E-state index in [0.717, 1.165) is 27.9 Å². The summed E-state index contributed by atoms with van der Waals surface area (Å²) in [5.74, 6) is 0.0897. The molecular weight excluding hydrogens is 320 g/mol. The first-order valence-corrected chi connectivity index (χ1v) is 8.01. The number of hydrogen-bond donors (Lipinski definition) is 2. The highest BCUT2D eigenvalue weighted by Crippen LogP contribution is 2.26. The molecule has 1 aliphatic heterocycles. The zero-order chi connectivity index (χ0) is 17.4. The maximum absolute atomic E-state index is 12.7. The molecule has 2 N–H and O–H groups in total. The Kier molecular flexibility index (Phi) is 4.11. The molecular formula is C19H18N2O2S. The second-order valence-corrected chi connectivity index (χ2v) is 6.35. The molecule has 1 amide bonds. The normalized spacial score (nSPS) is 16.0. The van der Waals surface area contributed by atoms with Crippen molar-refractivity contribution in [1.29, 1.82) is 0 Å². The predicted octanol–water partition coefficient (Wildman–Crippen LogP) is 3.58. The molecule has 1 heterocycles. The van der Waals surface area contributed by atoms with Crippen LogP contribution in [0.25, 0.3) is 6.08 Å². The number of phenolic OH excluding ortho intramolecular Hbond substituents is 1. The van der Waals surface area contributed by atoms with Gasteiger partial charge in [-0.1, -0.05) is 17.7 Å². The number of thiocarbonyl (C=S) groups is 1. The van der Waals surface area contributed by atoms with Gasteiger partial charge in [-0.2, -0.15) is 0 Å². The average molecular weight is 338 g/mol. The van der Waals surface area contributed by atoms with Crippen LogP contribution in [-0.4, -0.2) is 16.1 Å². The van der Waals surface area contributed by atoms with E-state index in [9.17, 15) is 9.90 Å². The Labute approximate surface area is 146 Å². The van der Waals surface area contributed by atoms with Gasteiger partial charge in [0.25, 0.3) is 5.91 Å². The molecule has 1 fully saturated rings. The number of benzene rings is 2. The quantitative estimate of drug-likeness (QED) is 0.649. The molecule has 0 atom stereocenters. The maximum atomic E-state index is 12.7. The van der Waals surface area contributed by atoms with E-state index in [0.29, 0.717) is 10.8 Å². The van der Waals surface area contributed by atoms with E-state index in [1.807, 2.05) is 57.2 Å². The fraction of sp³-hybridized carbons (Fsp3) is 0.158. The van der Waals surface area contributed by atoms with Crippen LogP contribution in [0.3, 0.4) is 0 Å². The number of carbonyl (C=O) groups is 1. The smallest absolute Gasteiger partial charge is 0.281 e. The molecule has 0 spiro atoms. The molecule has 0 bridgehead atoms. The molecule has 0 aromatic heterocycles. The number of nitrogens with one attached hydrogen (secondary N) is 1. The SMILES string of the molecule is Cc1ccc(N2C(=O)/C(=C\c3cc(C)c(O)c(C)c3)NC2=S)cc1. The maximum Gasteiger partial charge on any atom is 0.281 e. The van der Waals surface area contributed by atoms with Crippen LogP contribution in [0.2, 0.25) is 0 Å². The first-order chi connectivity index (χ1) is 11.4. The van der Waals surface area contributed by atoms with Crippen molar-refractivity contribution in [3.63, 3.8) is 0 Å². The molecule has 1 saturated heterocycles. The highest BCUT2D eigenvalue weighted by molar-refractivity contribution is 7.80. The lowest BCUT2D eigenvalue weighted by Gasteiger charge is -2.14. The third kappa shape index (κ3) is 2.90. The minimum absolute atomic E-state index is 0.188. The van der Waals surface area contributed by atoms with Gasteiger partial charge < -0.3 is 10.4 Å². The molecule has 2 aromatic rings. The first kappa shape index (κ1) is 16.2. The standard InChI is InChI=1S/C19H18N2O2S/c1-11-4-6-15(7-5-11)21-18(23)16(20-19(21)24)10-14-8-12(2)17(22)13(3)9-14/h4-10,22H,1-3H3,(H,20,24)/b16-10+.